The SMILES string of the molecule is CN(CCS(C)(=O)=O)C(=O)CN1CC2C(CNCc3cccc(OC(F)(F)F)c3)C2C1.O=C(O)c1cnc[nH]1. The molecular weight excluding hydrogens is 543 g/mol. The number of amides is 1. The van der Waals surface area contributed by atoms with E-state index in [1.807, 2.05) is 0 Å². The molecule has 39 heavy (non-hydrogen) atoms. The number of likely N-dealkylation sites (N-methyl/N-ethyl adjacent to an activating group) is 1. The van der Waals surface area contributed by atoms with Gasteiger partial charge in [0.15, 0.2) is 0 Å². The van der Waals surface area contributed by atoms with Gasteiger partial charge in [-0.3, -0.25) is 9.69 Å². The molecule has 1 aromatic carbocycles. The van der Waals surface area contributed by atoms with Crippen LogP contribution in [0.4, 0.5) is 13.2 Å². The number of halogens is 3. The summed E-state index contributed by atoms with van der Waals surface area (Å²) in [7, 11) is -1.48. The summed E-state index contributed by atoms with van der Waals surface area (Å²) in [5, 5.41) is 11.5. The van der Waals surface area contributed by atoms with Crippen molar-refractivity contribution in [2.45, 2.75) is 12.9 Å². The summed E-state index contributed by atoms with van der Waals surface area (Å²) in [6.45, 7) is 3.38. The van der Waals surface area contributed by atoms with Gasteiger partial charge in [-0.1, -0.05) is 12.1 Å². The van der Waals surface area contributed by atoms with Gasteiger partial charge in [-0.2, -0.15) is 0 Å². The molecule has 1 amide bonds. The highest BCUT2D eigenvalue weighted by Gasteiger charge is 2.55. The standard InChI is InChI=1S/C20H28F3N3O4S.C4H4N2O2/c1-25(6-7-31(2,28)29)19(27)13-26-11-17-16(18(17)12-26)10-24-9-14-4-3-5-15(8-14)30-20(21,22)23;7-4(8)3-1-5-2-6-3/h3-5,8,16-18,24H,6-7,9-13H2,1-2H3;1-2H,(H,5,6)(H,7,8). The number of aromatic carboxylic acids is 1. The molecule has 2 atom stereocenters. The molecule has 3 N–H and O–H groups in total. The molecule has 2 heterocycles. The van der Waals surface area contributed by atoms with Crippen molar-refractivity contribution in [2.75, 3.05) is 51.8 Å². The Bertz CT molecular complexity index is 1210. The van der Waals surface area contributed by atoms with Gasteiger partial charge in [-0.05, 0) is 42.0 Å². The fourth-order valence-corrected chi connectivity index (χ4v) is 5.12. The average molecular weight is 576 g/mol. The largest absolute Gasteiger partial charge is 0.573 e. The number of rotatable bonds is 11. The zero-order chi connectivity index (χ0) is 28.8. The Balaban J connectivity index is 0.000000449. The van der Waals surface area contributed by atoms with Crippen LogP contribution in [0, 0.1) is 17.8 Å². The van der Waals surface area contributed by atoms with E-state index in [-0.39, 0.29) is 29.6 Å². The summed E-state index contributed by atoms with van der Waals surface area (Å²) in [5.74, 6) is 0.200. The van der Waals surface area contributed by atoms with Crippen LogP contribution in [-0.4, -0.2) is 103 Å². The second-order valence-corrected chi connectivity index (χ2v) is 12.0. The van der Waals surface area contributed by atoms with Gasteiger partial charge < -0.3 is 25.0 Å². The molecule has 1 aliphatic heterocycles. The number of carboxylic acids is 1. The molecule has 0 bridgehead atoms. The van der Waals surface area contributed by atoms with E-state index in [1.54, 1.807) is 13.1 Å². The Hall–Kier alpha value is -3.17. The van der Waals surface area contributed by atoms with Gasteiger partial charge in [0.2, 0.25) is 5.91 Å². The Labute approximate surface area is 224 Å². The fourth-order valence-electron chi connectivity index (χ4n) is 4.52. The van der Waals surface area contributed by atoms with Gasteiger partial charge in [-0.25, -0.2) is 18.2 Å². The molecule has 0 radical (unpaired) electrons. The van der Waals surface area contributed by atoms with Crippen molar-refractivity contribution in [3.05, 3.63) is 48.0 Å². The summed E-state index contributed by atoms with van der Waals surface area (Å²) in [5.41, 5.74) is 0.835. The number of piperidine rings is 1. The molecule has 2 aromatic rings. The molecule has 1 saturated carbocycles. The van der Waals surface area contributed by atoms with Crippen LogP contribution in [0.1, 0.15) is 16.1 Å². The predicted octanol–water partition coefficient (Wildman–Crippen LogP) is 1.46. The average Bonchev–Trinajstić information content (AvgIpc) is 3.22. The molecule has 1 saturated heterocycles. The minimum Gasteiger partial charge on any atom is -0.477 e. The number of H-pyrrole nitrogens is 1. The second kappa shape index (κ2) is 12.8. The Morgan fingerprint density at radius 3 is 2.51 bits per heavy atom. The highest BCUT2D eigenvalue weighted by atomic mass is 32.2. The smallest absolute Gasteiger partial charge is 0.477 e. The molecule has 1 aliphatic carbocycles. The van der Waals surface area contributed by atoms with E-state index in [2.05, 4.69) is 24.9 Å². The first-order chi connectivity index (χ1) is 18.2. The number of sulfone groups is 1. The third kappa shape index (κ3) is 10.1. The summed E-state index contributed by atoms with van der Waals surface area (Å²) < 4.78 is 63.4. The summed E-state index contributed by atoms with van der Waals surface area (Å²) in [6, 6.07) is 5.93. The van der Waals surface area contributed by atoms with Gasteiger partial charge in [0.05, 0.1) is 24.8 Å². The number of alkyl halides is 3. The second-order valence-electron chi connectivity index (χ2n) is 9.73. The van der Waals surface area contributed by atoms with E-state index in [0.717, 1.165) is 31.5 Å². The first kappa shape index (κ1) is 30.4. The third-order valence-corrected chi connectivity index (χ3v) is 7.52. The van der Waals surface area contributed by atoms with Gasteiger partial charge in [0.25, 0.3) is 0 Å². The van der Waals surface area contributed by atoms with Crippen molar-refractivity contribution in [3.63, 3.8) is 0 Å². The normalized spacial score (nSPS) is 20.5. The van der Waals surface area contributed by atoms with Crippen LogP contribution in [0.5, 0.6) is 5.75 Å². The number of fused-ring (bicyclic) bond motifs is 1. The number of likely N-dealkylation sites (tertiary alicyclic amines) is 1. The molecule has 11 nitrogen and oxygen atoms in total. The van der Waals surface area contributed by atoms with Gasteiger partial charge in [0.1, 0.15) is 21.3 Å². The minimum absolute atomic E-state index is 0.0422. The molecule has 216 valence electrons. The van der Waals surface area contributed by atoms with Crippen LogP contribution in [0.15, 0.2) is 36.8 Å². The molecule has 0 spiro atoms. The lowest BCUT2D eigenvalue weighted by Gasteiger charge is -2.23. The zero-order valence-corrected chi connectivity index (χ0v) is 22.3. The molecule has 2 fully saturated rings. The molecule has 2 unspecified atom stereocenters. The lowest BCUT2D eigenvalue weighted by molar-refractivity contribution is -0.274. The first-order valence-electron chi connectivity index (χ1n) is 12.1. The van der Waals surface area contributed by atoms with Crippen molar-refractivity contribution in [1.82, 2.24) is 25.1 Å². The quantitative estimate of drug-likeness (QED) is 0.363. The number of nitrogens with one attached hydrogen (secondary N) is 2. The lowest BCUT2D eigenvalue weighted by Crippen LogP contribution is -2.40. The number of imidazole rings is 1. The number of carbonyl (C=O) groups is 2. The fraction of sp³-hybridized carbons (Fsp3) is 0.542. The lowest BCUT2D eigenvalue weighted by atomic mass is 10.2. The van der Waals surface area contributed by atoms with Gasteiger partial charge in [0, 0.05) is 39.5 Å². The minimum atomic E-state index is -4.70. The predicted molar refractivity (Wildman–Crippen MR) is 135 cm³/mol. The number of benzene rings is 1. The first-order valence-corrected chi connectivity index (χ1v) is 14.2. The van der Waals surface area contributed by atoms with Crippen molar-refractivity contribution >= 4 is 21.7 Å². The van der Waals surface area contributed by atoms with Crippen molar-refractivity contribution in [1.29, 1.82) is 0 Å². The molecule has 2 aliphatic rings. The summed E-state index contributed by atoms with van der Waals surface area (Å²) >= 11 is 0. The van der Waals surface area contributed by atoms with Crippen LogP contribution in [-0.2, 0) is 21.2 Å². The number of aromatic amines is 1. The Morgan fingerprint density at radius 2 is 1.97 bits per heavy atom. The number of carboxylic acid groups (broad SMARTS) is 1. The Morgan fingerprint density at radius 1 is 1.28 bits per heavy atom. The topological polar surface area (TPSA) is 145 Å². The molecule has 1 aromatic heterocycles. The van der Waals surface area contributed by atoms with E-state index in [9.17, 15) is 31.2 Å². The van der Waals surface area contributed by atoms with Crippen LogP contribution < -0.4 is 10.1 Å². The van der Waals surface area contributed by atoms with E-state index < -0.39 is 22.2 Å². The summed E-state index contributed by atoms with van der Waals surface area (Å²) in [6.07, 6.45) is -0.973. The van der Waals surface area contributed by atoms with Crippen molar-refractivity contribution in [2.24, 2.45) is 17.8 Å². The van der Waals surface area contributed by atoms with Gasteiger partial charge >= 0.3 is 12.3 Å². The number of hydrogen-bond donors (Lipinski definition) is 3. The maximum atomic E-state index is 12.3. The van der Waals surface area contributed by atoms with Crippen LogP contribution in [0.2, 0.25) is 0 Å². The van der Waals surface area contributed by atoms with Gasteiger partial charge in [-0.15, -0.1) is 13.2 Å². The van der Waals surface area contributed by atoms with E-state index in [0.29, 0.717) is 30.8 Å². The molecular formula is C24H32F3N5O6S. The maximum absolute atomic E-state index is 12.3. The maximum Gasteiger partial charge on any atom is 0.573 e. The Kier molecular flexibility index (Phi) is 9.96. The number of carbonyl (C=O) groups excluding carboxylic acids is 1. The van der Waals surface area contributed by atoms with Crippen molar-refractivity contribution < 1.29 is 41.0 Å². The molecule has 4 rings (SSSR count). The highest BCUT2D eigenvalue weighted by molar-refractivity contribution is 7.90. The number of aromatic nitrogens is 2. The third-order valence-electron chi connectivity index (χ3n) is 6.60. The van der Waals surface area contributed by atoms with Crippen molar-refractivity contribution in [3.8, 4) is 5.75 Å². The number of nitrogens with zero attached hydrogens (tertiary/aromatic N) is 3. The van der Waals surface area contributed by atoms with E-state index in [4.69, 9.17) is 5.11 Å². The number of ether oxygens (including phenoxy) is 1. The highest BCUT2D eigenvalue weighted by Crippen LogP contribution is 2.51. The van der Waals surface area contributed by atoms with E-state index in [1.165, 1.54) is 35.6 Å². The summed E-state index contributed by atoms with van der Waals surface area (Å²) in [4.78, 5) is 31.7. The van der Waals surface area contributed by atoms with Crippen LogP contribution in [0.3, 0.4) is 0 Å². The van der Waals surface area contributed by atoms with Crippen LogP contribution in [0.25, 0.3) is 0 Å². The molecule has 15 heteroatoms. The van der Waals surface area contributed by atoms with Crippen LogP contribution >= 0.6 is 0 Å². The van der Waals surface area contributed by atoms with E-state index >= 15 is 0 Å². The monoisotopic (exact) mass is 575 g/mol. The zero-order valence-electron chi connectivity index (χ0n) is 21.5. The number of hydrogen-bond acceptors (Lipinski definition) is 8.